The van der Waals surface area contributed by atoms with Crippen molar-refractivity contribution in [2.45, 2.75) is 83.7 Å². The molecular formula is C35H49NO5. The Balaban J connectivity index is 2.21. The summed E-state index contributed by atoms with van der Waals surface area (Å²) >= 11 is 0. The number of amides is 1. The Bertz CT molecular complexity index is 1050. The SMILES string of the molecule is CCC=CCC=CCC=CCC=CCC=CCC=CCCCOC(CC)(CCNC(=O)c1ccccc1O)C(=O)O. The normalized spacial score (nSPS) is 13.9. The van der Waals surface area contributed by atoms with Crippen LogP contribution < -0.4 is 5.32 Å². The van der Waals surface area contributed by atoms with Crippen molar-refractivity contribution in [3.63, 3.8) is 0 Å². The quantitative estimate of drug-likeness (QED) is 0.0975. The molecular weight excluding hydrogens is 514 g/mol. The molecule has 0 saturated heterocycles. The number of hydrogen-bond acceptors (Lipinski definition) is 4. The second-order valence-electron chi connectivity index (χ2n) is 9.58. The molecule has 0 bridgehead atoms. The maximum absolute atomic E-state index is 12.3. The standard InChI is InChI=1S/C35H49NO5/c1-3-5-6-7-8-9-10-11-12-13-14-15-16-17-18-19-20-21-22-25-30-41-35(4-2,34(39)40)28-29-36-33(38)31-26-23-24-27-32(31)37/h5-6,8-9,11-12,14-15,17-18,20-21,23-24,26-27,37H,3-4,7,10,13,16,19,22,25,28-30H2,1-2H3,(H,36,38)(H,39,40). The van der Waals surface area contributed by atoms with Gasteiger partial charge in [0.1, 0.15) is 5.75 Å². The van der Waals surface area contributed by atoms with E-state index in [-0.39, 0.29) is 30.7 Å². The molecule has 0 heterocycles. The number of carboxylic acids is 1. The van der Waals surface area contributed by atoms with Crippen LogP contribution >= 0.6 is 0 Å². The van der Waals surface area contributed by atoms with Gasteiger partial charge < -0.3 is 20.3 Å². The summed E-state index contributed by atoms with van der Waals surface area (Å²) in [5.74, 6) is -1.60. The van der Waals surface area contributed by atoms with Crippen molar-refractivity contribution >= 4 is 11.9 Å². The van der Waals surface area contributed by atoms with Crippen LogP contribution in [0.5, 0.6) is 5.75 Å². The molecule has 1 rings (SSSR count). The third kappa shape index (κ3) is 16.3. The van der Waals surface area contributed by atoms with Crippen molar-refractivity contribution in [3.8, 4) is 5.75 Å². The Morgan fingerprint density at radius 1 is 0.805 bits per heavy atom. The molecule has 0 spiro atoms. The first-order valence-corrected chi connectivity index (χ1v) is 14.8. The second-order valence-corrected chi connectivity index (χ2v) is 9.58. The molecule has 3 N–H and O–H groups in total. The third-order valence-electron chi connectivity index (χ3n) is 6.41. The number of aliphatic carboxylic acids is 1. The first kappa shape index (κ1) is 35.4. The number of carbonyl (C=O) groups is 2. The van der Waals surface area contributed by atoms with Crippen molar-refractivity contribution in [2.24, 2.45) is 0 Å². The minimum atomic E-state index is -1.36. The molecule has 1 aromatic carbocycles. The summed E-state index contributed by atoms with van der Waals surface area (Å²) in [6.45, 7) is 4.36. The van der Waals surface area contributed by atoms with Crippen molar-refractivity contribution in [2.75, 3.05) is 13.2 Å². The molecule has 1 aromatic rings. The molecule has 1 amide bonds. The lowest BCUT2D eigenvalue weighted by Gasteiger charge is -2.28. The van der Waals surface area contributed by atoms with Crippen LogP contribution in [-0.2, 0) is 9.53 Å². The number of unbranched alkanes of at least 4 members (excludes halogenated alkanes) is 1. The van der Waals surface area contributed by atoms with Gasteiger partial charge in [0.15, 0.2) is 5.60 Å². The van der Waals surface area contributed by atoms with Gasteiger partial charge in [0.2, 0.25) is 0 Å². The van der Waals surface area contributed by atoms with Gasteiger partial charge in [-0.1, -0.05) is 98.9 Å². The van der Waals surface area contributed by atoms with Crippen LogP contribution in [-0.4, -0.2) is 40.8 Å². The van der Waals surface area contributed by atoms with E-state index >= 15 is 0 Å². The number of nitrogens with one attached hydrogen (secondary N) is 1. The zero-order chi connectivity index (χ0) is 30.0. The molecule has 224 valence electrons. The zero-order valence-electron chi connectivity index (χ0n) is 24.8. The minimum Gasteiger partial charge on any atom is -0.507 e. The number of ether oxygens (including phenoxy) is 1. The number of carbonyl (C=O) groups excluding carboxylic acids is 1. The molecule has 41 heavy (non-hydrogen) atoms. The van der Waals surface area contributed by atoms with Gasteiger partial charge in [-0.25, -0.2) is 4.79 Å². The number of allylic oxidation sites excluding steroid dienone is 12. The average Bonchev–Trinajstić information content (AvgIpc) is 2.97. The highest BCUT2D eigenvalue weighted by atomic mass is 16.5. The molecule has 0 aromatic heterocycles. The number of benzene rings is 1. The van der Waals surface area contributed by atoms with Gasteiger partial charge in [0.05, 0.1) is 5.56 Å². The predicted molar refractivity (Wildman–Crippen MR) is 169 cm³/mol. The van der Waals surface area contributed by atoms with E-state index < -0.39 is 17.5 Å². The van der Waals surface area contributed by atoms with Crippen LogP contribution in [0.3, 0.4) is 0 Å². The number of phenols is 1. The molecule has 0 fully saturated rings. The van der Waals surface area contributed by atoms with Crippen molar-refractivity contribution < 1.29 is 24.5 Å². The topological polar surface area (TPSA) is 95.9 Å². The summed E-state index contributed by atoms with van der Waals surface area (Å²) in [6.07, 6.45) is 33.7. The van der Waals surface area contributed by atoms with E-state index in [1.807, 2.05) is 0 Å². The number of hydrogen-bond donors (Lipinski definition) is 3. The van der Waals surface area contributed by atoms with Crippen LogP contribution in [0.15, 0.2) is 97.2 Å². The van der Waals surface area contributed by atoms with Gasteiger partial charge in [-0.15, -0.1) is 0 Å². The Labute approximate surface area is 246 Å². The molecule has 0 saturated carbocycles. The maximum atomic E-state index is 12.3. The Morgan fingerprint density at radius 3 is 1.80 bits per heavy atom. The van der Waals surface area contributed by atoms with E-state index in [1.54, 1.807) is 19.1 Å². The Kier molecular flexibility index (Phi) is 19.9. The summed E-state index contributed by atoms with van der Waals surface area (Å²) in [5.41, 5.74) is -1.20. The highest BCUT2D eigenvalue weighted by Crippen LogP contribution is 2.22. The fourth-order valence-electron chi connectivity index (χ4n) is 3.92. The lowest BCUT2D eigenvalue weighted by molar-refractivity contribution is -0.167. The third-order valence-corrected chi connectivity index (χ3v) is 6.41. The van der Waals surface area contributed by atoms with Crippen LogP contribution in [0.25, 0.3) is 0 Å². The van der Waals surface area contributed by atoms with E-state index in [0.29, 0.717) is 13.0 Å². The van der Waals surface area contributed by atoms with E-state index in [0.717, 1.165) is 44.9 Å². The van der Waals surface area contributed by atoms with Gasteiger partial charge >= 0.3 is 5.97 Å². The molecule has 6 heteroatoms. The summed E-state index contributed by atoms with van der Waals surface area (Å²) < 4.78 is 5.82. The van der Waals surface area contributed by atoms with Crippen molar-refractivity contribution in [1.82, 2.24) is 5.32 Å². The highest BCUT2D eigenvalue weighted by molar-refractivity contribution is 5.96. The predicted octanol–water partition coefficient (Wildman–Crippen LogP) is 8.24. The van der Waals surface area contributed by atoms with Gasteiger partial charge in [0.25, 0.3) is 5.91 Å². The number of carboxylic acid groups (broad SMARTS) is 1. The lowest BCUT2D eigenvalue weighted by Crippen LogP contribution is -2.44. The van der Waals surface area contributed by atoms with Crippen LogP contribution in [0.2, 0.25) is 0 Å². The van der Waals surface area contributed by atoms with Crippen LogP contribution in [0.1, 0.15) is 88.4 Å². The van der Waals surface area contributed by atoms with Gasteiger partial charge in [0, 0.05) is 19.6 Å². The molecule has 6 nitrogen and oxygen atoms in total. The number of aromatic hydroxyl groups is 1. The Hall–Kier alpha value is -3.64. The lowest BCUT2D eigenvalue weighted by atomic mass is 9.96. The van der Waals surface area contributed by atoms with E-state index in [4.69, 9.17) is 4.74 Å². The summed E-state index contributed by atoms with van der Waals surface area (Å²) in [6, 6.07) is 6.24. The van der Waals surface area contributed by atoms with E-state index in [2.05, 4.69) is 85.2 Å². The molecule has 0 radical (unpaired) electrons. The smallest absolute Gasteiger partial charge is 0.336 e. The molecule has 0 aliphatic rings. The molecule has 1 atom stereocenters. The fourth-order valence-corrected chi connectivity index (χ4v) is 3.92. The number of phenolic OH excluding ortho intramolecular Hbond substituents is 1. The molecule has 0 aliphatic carbocycles. The van der Waals surface area contributed by atoms with E-state index in [9.17, 15) is 19.8 Å². The largest absolute Gasteiger partial charge is 0.507 e. The second kappa shape index (κ2) is 23.1. The maximum Gasteiger partial charge on any atom is 0.336 e. The van der Waals surface area contributed by atoms with Gasteiger partial charge in [-0.2, -0.15) is 0 Å². The van der Waals surface area contributed by atoms with Crippen molar-refractivity contribution in [3.05, 3.63) is 103 Å². The van der Waals surface area contributed by atoms with Gasteiger partial charge in [-0.05, 0) is 69.9 Å². The molecule has 1 unspecified atom stereocenters. The first-order valence-electron chi connectivity index (χ1n) is 14.8. The Morgan fingerprint density at radius 2 is 1.32 bits per heavy atom. The highest BCUT2D eigenvalue weighted by Gasteiger charge is 2.37. The van der Waals surface area contributed by atoms with Gasteiger partial charge in [-0.3, -0.25) is 4.79 Å². The monoisotopic (exact) mass is 563 g/mol. The average molecular weight is 564 g/mol. The minimum absolute atomic E-state index is 0.115. The summed E-state index contributed by atoms with van der Waals surface area (Å²) in [7, 11) is 0. The fraction of sp³-hybridized carbons (Fsp3) is 0.429. The zero-order valence-corrected chi connectivity index (χ0v) is 24.8. The summed E-state index contributed by atoms with van der Waals surface area (Å²) in [5, 5.41) is 22.3. The van der Waals surface area contributed by atoms with E-state index in [1.165, 1.54) is 12.1 Å². The van der Waals surface area contributed by atoms with Crippen LogP contribution in [0.4, 0.5) is 0 Å². The first-order chi connectivity index (χ1) is 20.0. The summed E-state index contributed by atoms with van der Waals surface area (Å²) in [4.78, 5) is 24.3. The van der Waals surface area contributed by atoms with Crippen molar-refractivity contribution in [1.29, 1.82) is 0 Å². The molecule has 0 aliphatic heterocycles. The number of para-hydroxylation sites is 1. The number of rotatable bonds is 22. The van der Waals surface area contributed by atoms with Crippen LogP contribution in [0, 0.1) is 0 Å².